The lowest BCUT2D eigenvalue weighted by Gasteiger charge is -2.08. The van der Waals surface area contributed by atoms with Crippen LogP contribution in [0, 0.1) is 6.92 Å². The molecule has 2 heteroatoms. The second kappa shape index (κ2) is 6.80. The molecule has 2 aromatic carbocycles. The predicted octanol–water partition coefficient (Wildman–Crippen LogP) is 3.81. The highest BCUT2D eigenvalue weighted by Gasteiger charge is 2.02. The van der Waals surface area contributed by atoms with Gasteiger partial charge in [0.1, 0.15) is 0 Å². The fourth-order valence-electron chi connectivity index (χ4n) is 1.92. The topological polar surface area (TPSA) is 29.1 Å². The van der Waals surface area contributed by atoms with E-state index in [1.54, 1.807) is 0 Å². The van der Waals surface area contributed by atoms with Crippen molar-refractivity contribution in [2.75, 3.05) is 0 Å². The predicted molar refractivity (Wildman–Crippen MR) is 77.6 cm³/mol. The number of aryl methyl sites for hydroxylation is 1. The maximum Gasteiger partial charge on any atom is 0.217 e. The lowest BCUT2D eigenvalue weighted by Crippen LogP contribution is -2.19. The van der Waals surface area contributed by atoms with E-state index >= 15 is 0 Å². The minimum atomic E-state index is 0.00517. The third-order valence-corrected chi connectivity index (χ3v) is 2.62. The maximum absolute atomic E-state index is 10.9. The van der Waals surface area contributed by atoms with E-state index in [0.29, 0.717) is 6.54 Å². The summed E-state index contributed by atoms with van der Waals surface area (Å²) in [6, 6.07) is 12.5. The van der Waals surface area contributed by atoms with Crippen molar-refractivity contribution in [2.24, 2.45) is 0 Å². The number of amides is 1. The van der Waals surface area contributed by atoms with Gasteiger partial charge in [0.05, 0.1) is 0 Å². The van der Waals surface area contributed by atoms with Crippen LogP contribution in [0.5, 0.6) is 0 Å². The molecular weight excluding hydrogens is 222 g/mol. The summed E-state index contributed by atoms with van der Waals surface area (Å²) in [5.41, 5.74) is 2.39. The highest BCUT2D eigenvalue weighted by molar-refractivity contribution is 5.86. The van der Waals surface area contributed by atoms with Crippen molar-refractivity contribution in [1.82, 2.24) is 5.32 Å². The molecule has 0 heterocycles. The molecule has 96 valence electrons. The first kappa shape index (κ1) is 14.2. The summed E-state index contributed by atoms with van der Waals surface area (Å²) < 4.78 is 0. The molecule has 2 nitrogen and oxygen atoms in total. The Labute approximate surface area is 109 Å². The Morgan fingerprint density at radius 1 is 1.17 bits per heavy atom. The third-order valence-electron chi connectivity index (χ3n) is 2.62. The molecule has 0 saturated heterocycles. The molecule has 0 aromatic heterocycles. The molecule has 0 spiro atoms. The SMILES string of the molecule is CC.CC(=O)NCc1cc(C)cc2ccccc12. The second-order valence-corrected chi connectivity index (χ2v) is 4.05. The first-order valence-electron chi connectivity index (χ1n) is 6.39. The highest BCUT2D eigenvalue weighted by atomic mass is 16.1. The first-order valence-corrected chi connectivity index (χ1v) is 6.39. The van der Waals surface area contributed by atoms with Gasteiger partial charge < -0.3 is 5.32 Å². The Morgan fingerprint density at radius 3 is 2.50 bits per heavy atom. The van der Waals surface area contributed by atoms with Gasteiger partial charge in [0, 0.05) is 13.5 Å². The fraction of sp³-hybridized carbons (Fsp3) is 0.312. The van der Waals surface area contributed by atoms with Gasteiger partial charge in [0.2, 0.25) is 5.91 Å². The normalized spacial score (nSPS) is 9.56. The van der Waals surface area contributed by atoms with Crippen molar-refractivity contribution in [3.8, 4) is 0 Å². The van der Waals surface area contributed by atoms with Crippen LogP contribution in [0.25, 0.3) is 10.8 Å². The van der Waals surface area contributed by atoms with Gasteiger partial charge >= 0.3 is 0 Å². The Balaban J connectivity index is 0.000000771. The zero-order valence-corrected chi connectivity index (χ0v) is 11.6. The van der Waals surface area contributed by atoms with Crippen LogP contribution in [-0.2, 0) is 11.3 Å². The zero-order valence-electron chi connectivity index (χ0n) is 11.6. The summed E-state index contributed by atoms with van der Waals surface area (Å²) in [7, 11) is 0. The van der Waals surface area contributed by atoms with Crippen molar-refractivity contribution in [2.45, 2.75) is 34.2 Å². The standard InChI is InChI=1S/C14H15NO.C2H6/c1-10-7-12-5-3-4-6-14(12)13(8-10)9-15-11(2)16;1-2/h3-8H,9H2,1-2H3,(H,15,16);1-2H3. The summed E-state index contributed by atoms with van der Waals surface area (Å²) in [5, 5.41) is 5.28. The van der Waals surface area contributed by atoms with Crippen molar-refractivity contribution >= 4 is 16.7 Å². The lowest BCUT2D eigenvalue weighted by atomic mass is 10.0. The number of fused-ring (bicyclic) bond motifs is 1. The van der Waals surface area contributed by atoms with Gasteiger partial charge in [-0.15, -0.1) is 0 Å². The number of rotatable bonds is 2. The first-order chi connectivity index (χ1) is 8.66. The van der Waals surface area contributed by atoms with E-state index in [4.69, 9.17) is 0 Å². The largest absolute Gasteiger partial charge is 0.352 e. The van der Waals surface area contributed by atoms with Crippen LogP contribution >= 0.6 is 0 Å². The number of hydrogen-bond donors (Lipinski definition) is 1. The molecule has 1 amide bonds. The number of benzene rings is 2. The van der Waals surface area contributed by atoms with E-state index in [1.807, 2.05) is 26.0 Å². The number of nitrogens with one attached hydrogen (secondary N) is 1. The van der Waals surface area contributed by atoms with Crippen LogP contribution in [-0.4, -0.2) is 5.91 Å². The number of carbonyl (C=O) groups is 1. The van der Waals surface area contributed by atoms with Gasteiger partial charge in [-0.05, 0) is 23.3 Å². The van der Waals surface area contributed by atoms with Gasteiger partial charge in [0.15, 0.2) is 0 Å². The molecule has 1 N–H and O–H groups in total. The van der Waals surface area contributed by atoms with Crippen LogP contribution in [0.1, 0.15) is 31.9 Å². The minimum Gasteiger partial charge on any atom is -0.352 e. The summed E-state index contributed by atoms with van der Waals surface area (Å²) >= 11 is 0. The molecule has 0 atom stereocenters. The summed E-state index contributed by atoms with van der Waals surface area (Å²) in [6.45, 7) is 8.21. The van der Waals surface area contributed by atoms with Crippen LogP contribution < -0.4 is 5.32 Å². The number of hydrogen-bond acceptors (Lipinski definition) is 1. The van der Waals surface area contributed by atoms with E-state index in [0.717, 1.165) is 0 Å². The molecule has 0 radical (unpaired) electrons. The van der Waals surface area contributed by atoms with Crippen molar-refractivity contribution < 1.29 is 4.79 Å². The second-order valence-electron chi connectivity index (χ2n) is 4.05. The molecule has 18 heavy (non-hydrogen) atoms. The number of carbonyl (C=O) groups excluding carboxylic acids is 1. The Kier molecular flexibility index (Phi) is 5.37. The summed E-state index contributed by atoms with van der Waals surface area (Å²) in [4.78, 5) is 10.9. The minimum absolute atomic E-state index is 0.00517. The molecule has 2 rings (SSSR count). The van der Waals surface area contributed by atoms with E-state index in [2.05, 4.69) is 36.5 Å². The van der Waals surface area contributed by atoms with Crippen molar-refractivity contribution in [3.05, 3.63) is 47.5 Å². The van der Waals surface area contributed by atoms with E-state index in [9.17, 15) is 4.79 Å². The zero-order chi connectivity index (χ0) is 13.5. The molecule has 0 fully saturated rings. The van der Waals surface area contributed by atoms with Crippen molar-refractivity contribution in [3.63, 3.8) is 0 Å². The third kappa shape index (κ3) is 3.59. The van der Waals surface area contributed by atoms with Gasteiger partial charge in [-0.3, -0.25) is 4.79 Å². The van der Waals surface area contributed by atoms with Gasteiger partial charge in [-0.25, -0.2) is 0 Å². The molecule has 2 aromatic rings. The van der Waals surface area contributed by atoms with E-state index < -0.39 is 0 Å². The summed E-state index contributed by atoms with van der Waals surface area (Å²) in [5.74, 6) is 0.00517. The molecule has 0 bridgehead atoms. The lowest BCUT2D eigenvalue weighted by molar-refractivity contribution is -0.119. The van der Waals surface area contributed by atoms with E-state index in [-0.39, 0.29) is 5.91 Å². The molecule has 0 unspecified atom stereocenters. The van der Waals surface area contributed by atoms with Crippen molar-refractivity contribution in [1.29, 1.82) is 0 Å². The van der Waals surface area contributed by atoms with E-state index in [1.165, 1.54) is 28.8 Å². The van der Waals surface area contributed by atoms with Crippen LogP contribution in [0.4, 0.5) is 0 Å². The quantitative estimate of drug-likeness (QED) is 0.853. The van der Waals surface area contributed by atoms with Gasteiger partial charge in [-0.2, -0.15) is 0 Å². The summed E-state index contributed by atoms with van der Waals surface area (Å²) in [6.07, 6.45) is 0. The highest BCUT2D eigenvalue weighted by Crippen LogP contribution is 2.20. The van der Waals surface area contributed by atoms with Gasteiger partial charge in [-0.1, -0.05) is 55.8 Å². The Hall–Kier alpha value is -1.83. The Morgan fingerprint density at radius 2 is 1.83 bits per heavy atom. The average Bonchev–Trinajstić information content (AvgIpc) is 2.38. The molecule has 0 aliphatic carbocycles. The average molecular weight is 243 g/mol. The van der Waals surface area contributed by atoms with Crippen LogP contribution in [0.15, 0.2) is 36.4 Å². The molecule has 0 aliphatic heterocycles. The molecule has 0 saturated carbocycles. The maximum atomic E-state index is 10.9. The van der Waals surface area contributed by atoms with Crippen LogP contribution in [0.2, 0.25) is 0 Å². The molecular formula is C16H21NO. The molecule has 0 aliphatic rings. The van der Waals surface area contributed by atoms with Crippen LogP contribution in [0.3, 0.4) is 0 Å². The van der Waals surface area contributed by atoms with Gasteiger partial charge in [0.25, 0.3) is 0 Å². The Bertz CT molecular complexity index is 532. The fourth-order valence-corrected chi connectivity index (χ4v) is 1.92. The smallest absolute Gasteiger partial charge is 0.217 e. The monoisotopic (exact) mass is 243 g/mol.